The fourth-order valence-corrected chi connectivity index (χ4v) is 4.41. The monoisotopic (exact) mass is 462 g/mol. The average Bonchev–Trinajstić information content (AvgIpc) is 3.31. The van der Waals surface area contributed by atoms with Gasteiger partial charge in [0.2, 0.25) is 5.91 Å². The number of carbonyl (C=O) groups excluding carboxylic acids is 3. The molecular weight excluding hydrogens is 436 g/mol. The summed E-state index contributed by atoms with van der Waals surface area (Å²) in [5.74, 6) is -0.117. The van der Waals surface area contributed by atoms with Crippen LogP contribution in [0.25, 0.3) is 5.69 Å². The molecule has 0 bridgehead atoms. The van der Waals surface area contributed by atoms with Crippen molar-refractivity contribution in [1.82, 2.24) is 14.8 Å². The molecule has 176 valence electrons. The largest absolute Gasteiger partial charge is 0.467 e. The number of fused-ring (bicyclic) bond motifs is 3. The van der Waals surface area contributed by atoms with Crippen LogP contribution in [-0.4, -0.2) is 53.1 Å². The summed E-state index contributed by atoms with van der Waals surface area (Å²) in [4.78, 5) is 41.6. The molecule has 3 heterocycles. The maximum atomic E-state index is 13.8. The Kier molecular flexibility index (Phi) is 5.83. The number of furan rings is 1. The number of aromatic nitrogens is 1. The van der Waals surface area contributed by atoms with Crippen molar-refractivity contribution < 1.29 is 23.5 Å². The average molecular weight is 463 g/mol. The Morgan fingerprint density at radius 2 is 1.88 bits per heavy atom. The van der Waals surface area contributed by atoms with E-state index in [-0.39, 0.29) is 31.6 Å². The van der Waals surface area contributed by atoms with E-state index in [0.29, 0.717) is 5.76 Å². The van der Waals surface area contributed by atoms with Gasteiger partial charge in [0, 0.05) is 12.2 Å². The van der Waals surface area contributed by atoms with Crippen LogP contribution >= 0.6 is 0 Å². The van der Waals surface area contributed by atoms with Crippen LogP contribution < -0.4 is 10.2 Å². The first-order valence-corrected chi connectivity index (χ1v) is 11.4. The predicted octanol–water partition coefficient (Wildman–Crippen LogP) is 3.24. The van der Waals surface area contributed by atoms with Crippen molar-refractivity contribution in [2.24, 2.45) is 0 Å². The number of urea groups is 1. The third-order valence-corrected chi connectivity index (χ3v) is 6.04. The maximum absolute atomic E-state index is 13.8. The number of para-hydroxylation sites is 2. The van der Waals surface area contributed by atoms with E-state index >= 15 is 0 Å². The van der Waals surface area contributed by atoms with Gasteiger partial charge in [0.15, 0.2) is 0 Å². The zero-order valence-corrected chi connectivity index (χ0v) is 18.8. The van der Waals surface area contributed by atoms with Crippen molar-refractivity contribution in [3.8, 4) is 5.69 Å². The molecule has 1 fully saturated rings. The predicted molar refractivity (Wildman–Crippen MR) is 124 cm³/mol. The molecule has 9 heteroatoms. The van der Waals surface area contributed by atoms with Crippen LogP contribution in [0.3, 0.4) is 0 Å². The Morgan fingerprint density at radius 3 is 2.59 bits per heavy atom. The van der Waals surface area contributed by atoms with Gasteiger partial charge in [0.25, 0.3) is 0 Å². The second-order valence-corrected chi connectivity index (χ2v) is 8.30. The molecule has 1 atom stereocenters. The van der Waals surface area contributed by atoms with Gasteiger partial charge in [-0.15, -0.1) is 0 Å². The SMILES string of the molecule is CCOC(=O)CNC(=O)N(CC(=O)N1c2ccccc2-n2cccc2C1c1ccco1)C1CC1. The van der Waals surface area contributed by atoms with Crippen molar-refractivity contribution in [2.45, 2.75) is 31.8 Å². The fourth-order valence-electron chi connectivity index (χ4n) is 4.41. The number of nitrogens with zero attached hydrogens (tertiary/aromatic N) is 3. The van der Waals surface area contributed by atoms with Crippen LogP contribution in [0.4, 0.5) is 10.5 Å². The number of hydrogen-bond acceptors (Lipinski definition) is 5. The van der Waals surface area contributed by atoms with E-state index in [2.05, 4.69) is 9.88 Å². The Morgan fingerprint density at radius 1 is 1.09 bits per heavy atom. The Bertz CT molecular complexity index is 1200. The first-order valence-electron chi connectivity index (χ1n) is 11.4. The number of hydrogen-bond donors (Lipinski definition) is 1. The highest BCUT2D eigenvalue weighted by Crippen LogP contribution is 2.42. The maximum Gasteiger partial charge on any atom is 0.325 e. The molecule has 0 radical (unpaired) electrons. The summed E-state index contributed by atoms with van der Waals surface area (Å²) in [5.41, 5.74) is 2.51. The third kappa shape index (κ3) is 4.05. The topological polar surface area (TPSA) is 97.0 Å². The lowest BCUT2D eigenvalue weighted by Gasteiger charge is -2.38. The van der Waals surface area contributed by atoms with Crippen molar-refractivity contribution in [3.05, 3.63) is 72.4 Å². The van der Waals surface area contributed by atoms with Gasteiger partial charge in [-0.3, -0.25) is 14.5 Å². The normalized spacial score (nSPS) is 16.4. The summed E-state index contributed by atoms with van der Waals surface area (Å²) >= 11 is 0. The number of benzene rings is 1. The lowest BCUT2D eigenvalue weighted by Crippen LogP contribution is -2.50. The highest BCUT2D eigenvalue weighted by molar-refractivity contribution is 6.00. The number of anilines is 1. The number of esters is 1. The van der Waals surface area contributed by atoms with Crippen molar-refractivity contribution in [1.29, 1.82) is 0 Å². The molecule has 5 rings (SSSR count). The summed E-state index contributed by atoms with van der Waals surface area (Å²) in [6, 6.07) is 14.3. The van der Waals surface area contributed by atoms with E-state index in [1.54, 1.807) is 24.2 Å². The van der Waals surface area contributed by atoms with E-state index in [9.17, 15) is 14.4 Å². The second-order valence-electron chi connectivity index (χ2n) is 8.30. The summed E-state index contributed by atoms with van der Waals surface area (Å²) in [7, 11) is 0. The van der Waals surface area contributed by atoms with Crippen molar-refractivity contribution >= 4 is 23.6 Å². The molecule has 2 aromatic heterocycles. The zero-order chi connectivity index (χ0) is 23.7. The lowest BCUT2D eigenvalue weighted by molar-refractivity contribution is -0.141. The van der Waals surface area contributed by atoms with E-state index in [1.165, 1.54) is 4.90 Å². The van der Waals surface area contributed by atoms with Crippen molar-refractivity contribution in [2.75, 3.05) is 24.6 Å². The van der Waals surface area contributed by atoms with Gasteiger partial charge in [0.05, 0.1) is 29.9 Å². The van der Waals surface area contributed by atoms with Crippen LogP contribution in [0.5, 0.6) is 0 Å². The molecule has 34 heavy (non-hydrogen) atoms. The van der Waals surface area contributed by atoms with Crippen LogP contribution in [0.2, 0.25) is 0 Å². The number of nitrogens with one attached hydrogen (secondary N) is 1. The zero-order valence-electron chi connectivity index (χ0n) is 18.8. The van der Waals surface area contributed by atoms with Gasteiger partial charge in [0.1, 0.15) is 24.9 Å². The molecule has 0 spiro atoms. The van der Waals surface area contributed by atoms with Crippen LogP contribution in [0.15, 0.2) is 65.4 Å². The molecule has 3 aromatic rings. The molecule has 2 aliphatic rings. The van der Waals surface area contributed by atoms with Gasteiger partial charge in [-0.05, 0) is 56.2 Å². The summed E-state index contributed by atoms with van der Waals surface area (Å²) in [6.07, 6.45) is 5.19. The highest BCUT2D eigenvalue weighted by atomic mass is 16.5. The summed E-state index contributed by atoms with van der Waals surface area (Å²) in [5, 5.41) is 2.59. The van der Waals surface area contributed by atoms with E-state index in [4.69, 9.17) is 9.15 Å². The minimum Gasteiger partial charge on any atom is -0.467 e. The molecule has 1 saturated carbocycles. The second kappa shape index (κ2) is 9.09. The van der Waals surface area contributed by atoms with Gasteiger partial charge < -0.3 is 23.9 Å². The summed E-state index contributed by atoms with van der Waals surface area (Å²) in [6.45, 7) is 1.59. The number of rotatable bonds is 7. The lowest BCUT2D eigenvalue weighted by atomic mass is 10.0. The number of amides is 3. The van der Waals surface area contributed by atoms with Crippen LogP contribution in [0, 0.1) is 0 Å². The molecule has 9 nitrogen and oxygen atoms in total. The number of carbonyl (C=O) groups is 3. The Balaban J connectivity index is 1.44. The standard InChI is InChI=1S/C25H26N4O5/c1-2-33-23(31)15-26-25(32)28(17-11-12-17)16-22(30)29-19-8-4-3-7-18(19)27-13-5-9-20(27)24(29)21-10-6-14-34-21/h3-10,13-14,17,24H,2,11-12,15-16H2,1H3,(H,26,32). The first-order chi connectivity index (χ1) is 16.6. The summed E-state index contributed by atoms with van der Waals surface area (Å²) < 4.78 is 12.7. The molecule has 1 N–H and O–H groups in total. The Hall–Kier alpha value is -4.01. The highest BCUT2D eigenvalue weighted by Gasteiger charge is 2.40. The molecule has 3 amide bonds. The van der Waals surface area contributed by atoms with Crippen LogP contribution in [-0.2, 0) is 14.3 Å². The van der Waals surface area contributed by atoms with Gasteiger partial charge in [-0.1, -0.05) is 12.1 Å². The number of ether oxygens (including phenoxy) is 1. The smallest absolute Gasteiger partial charge is 0.325 e. The third-order valence-electron chi connectivity index (χ3n) is 6.04. The quantitative estimate of drug-likeness (QED) is 0.544. The van der Waals surface area contributed by atoms with Gasteiger partial charge in [-0.2, -0.15) is 0 Å². The van der Waals surface area contributed by atoms with Crippen LogP contribution in [0.1, 0.15) is 37.3 Å². The first kappa shape index (κ1) is 21.8. The van der Waals surface area contributed by atoms with E-state index < -0.39 is 18.0 Å². The molecule has 1 aliphatic carbocycles. The molecule has 1 aromatic carbocycles. The molecule has 1 unspecified atom stereocenters. The minimum absolute atomic E-state index is 0.0305. The fraction of sp³-hybridized carbons (Fsp3) is 0.320. The minimum atomic E-state index is -0.512. The Labute approximate surface area is 196 Å². The van der Waals surface area contributed by atoms with E-state index in [1.807, 2.05) is 48.7 Å². The molecular formula is C25H26N4O5. The van der Waals surface area contributed by atoms with Gasteiger partial charge >= 0.3 is 12.0 Å². The van der Waals surface area contributed by atoms with E-state index in [0.717, 1.165) is 29.9 Å². The van der Waals surface area contributed by atoms with Gasteiger partial charge in [-0.25, -0.2) is 4.79 Å². The van der Waals surface area contributed by atoms with Crippen molar-refractivity contribution in [3.63, 3.8) is 0 Å². The molecule has 0 saturated heterocycles. The molecule has 1 aliphatic heterocycles.